The highest BCUT2D eigenvalue weighted by Crippen LogP contribution is 2.14. The number of hydrogen-bond acceptors (Lipinski definition) is 4. The van der Waals surface area contributed by atoms with Gasteiger partial charge in [-0.3, -0.25) is 0 Å². The number of likely N-dealkylation sites (N-methyl/N-ethyl adjacent to an activating group) is 1. The number of sulfonamides is 1. The van der Waals surface area contributed by atoms with E-state index < -0.39 is 10.0 Å². The number of benzene rings is 1. The third-order valence-corrected chi connectivity index (χ3v) is 4.55. The summed E-state index contributed by atoms with van der Waals surface area (Å²) in [5, 5.41) is 9.09. The highest BCUT2D eigenvalue weighted by Gasteiger charge is 2.23. The van der Waals surface area contributed by atoms with E-state index in [4.69, 9.17) is 5.11 Å². The molecular formula is C14H24N2O3S. The number of aliphatic hydroxyl groups is 1. The van der Waals surface area contributed by atoms with Crippen LogP contribution in [0.1, 0.15) is 19.4 Å². The van der Waals surface area contributed by atoms with E-state index >= 15 is 0 Å². The minimum atomic E-state index is -3.57. The number of nitrogens with zero attached hydrogens (tertiary/aromatic N) is 1. The van der Waals surface area contributed by atoms with Crippen molar-refractivity contribution in [2.24, 2.45) is 5.92 Å². The molecule has 2 N–H and O–H groups in total. The normalized spacial score (nSPS) is 13.9. The minimum Gasteiger partial charge on any atom is -0.392 e. The predicted molar refractivity (Wildman–Crippen MR) is 79.9 cm³/mol. The molecule has 5 nitrogen and oxygen atoms in total. The van der Waals surface area contributed by atoms with Gasteiger partial charge >= 0.3 is 0 Å². The topological polar surface area (TPSA) is 69.6 Å². The summed E-state index contributed by atoms with van der Waals surface area (Å²) < 4.78 is 27.5. The highest BCUT2D eigenvalue weighted by atomic mass is 32.2. The molecule has 0 heterocycles. The first-order chi connectivity index (χ1) is 9.26. The zero-order valence-electron chi connectivity index (χ0n) is 12.5. The van der Waals surface area contributed by atoms with Crippen molar-refractivity contribution in [3.63, 3.8) is 0 Å². The zero-order chi connectivity index (χ0) is 15.3. The van der Waals surface area contributed by atoms with Crippen molar-refractivity contribution in [3.05, 3.63) is 29.8 Å². The van der Waals surface area contributed by atoms with Crippen LogP contribution in [-0.2, 0) is 16.6 Å². The summed E-state index contributed by atoms with van der Waals surface area (Å²) in [5.74, 6) is 0.188. The van der Waals surface area contributed by atoms with Crippen LogP contribution in [0.15, 0.2) is 29.2 Å². The number of hydrogen-bond donors (Lipinski definition) is 2. The molecule has 0 bridgehead atoms. The fraction of sp³-hybridized carbons (Fsp3) is 0.571. The summed E-state index contributed by atoms with van der Waals surface area (Å²) in [6.07, 6.45) is 0. The summed E-state index contributed by atoms with van der Waals surface area (Å²) in [6, 6.07) is 6.20. The molecule has 1 atom stereocenters. The van der Waals surface area contributed by atoms with Crippen molar-refractivity contribution in [2.45, 2.75) is 31.4 Å². The molecule has 0 aliphatic rings. The van der Waals surface area contributed by atoms with Crippen LogP contribution >= 0.6 is 0 Å². The molecule has 0 aromatic heterocycles. The van der Waals surface area contributed by atoms with E-state index in [9.17, 15) is 8.42 Å². The van der Waals surface area contributed by atoms with Crippen molar-refractivity contribution in [2.75, 3.05) is 20.6 Å². The van der Waals surface area contributed by atoms with Gasteiger partial charge in [0.15, 0.2) is 0 Å². The molecule has 0 aliphatic carbocycles. The summed E-state index contributed by atoms with van der Waals surface area (Å²) in [7, 11) is 0.255. The predicted octanol–water partition coefficient (Wildman–Crippen LogP) is 1.04. The molecule has 0 aliphatic heterocycles. The second-order valence-corrected chi connectivity index (χ2v) is 7.25. The Bertz CT molecular complexity index is 527. The van der Waals surface area contributed by atoms with Gasteiger partial charge in [-0.1, -0.05) is 26.0 Å². The van der Waals surface area contributed by atoms with Crippen molar-refractivity contribution >= 4 is 10.0 Å². The lowest BCUT2D eigenvalue weighted by molar-refractivity contribution is 0.281. The quantitative estimate of drug-likeness (QED) is 0.789. The Hall–Kier alpha value is -0.950. The molecule has 0 saturated carbocycles. The van der Waals surface area contributed by atoms with Gasteiger partial charge in [-0.25, -0.2) is 13.1 Å². The van der Waals surface area contributed by atoms with Crippen LogP contribution in [0.2, 0.25) is 0 Å². The van der Waals surface area contributed by atoms with E-state index in [2.05, 4.69) is 4.72 Å². The molecule has 114 valence electrons. The van der Waals surface area contributed by atoms with Gasteiger partial charge in [0.1, 0.15) is 0 Å². The molecule has 1 rings (SSSR count). The van der Waals surface area contributed by atoms with Gasteiger partial charge in [0.2, 0.25) is 10.0 Å². The smallest absolute Gasteiger partial charge is 0.240 e. The highest BCUT2D eigenvalue weighted by molar-refractivity contribution is 7.89. The number of rotatable bonds is 7. The number of nitrogens with one attached hydrogen (secondary N) is 1. The molecule has 1 aromatic carbocycles. The maximum Gasteiger partial charge on any atom is 0.240 e. The van der Waals surface area contributed by atoms with Crippen LogP contribution in [0.25, 0.3) is 0 Å². The first kappa shape index (κ1) is 17.1. The second kappa shape index (κ2) is 7.17. The van der Waals surface area contributed by atoms with E-state index in [-0.39, 0.29) is 23.5 Å². The van der Waals surface area contributed by atoms with E-state index in [1.54, 1.807) is 12.1 Å². The Morgan fingerprint density at radius 2 is 1.95 bits per heavy atom. The van der Waals surface area contributed by atoms with Gasteiger partial charge in [-0.05, 0) is 37.7 Å². The van der Waals surface area contributed by atoms with Crippen LogP contribution < -0.4 is 4.72 Å². The van der Waals surface area contributed by atoms with Gasteiger partial charge < -0.3 is 10.0 Å². The first-order valence-corrected chi connectivity index (χ1v) is 8.11. The maximum atomic E-state index is 12.4. The monoisotopic (exact) mass is 300 g/mol. The van der Waals surface area contributed by atoms with Gasteiger partial charge in [-0.2, -0.15) is 0 Å². The molecule has 0 spiro atoms. The molecule has 0 amide bonds. The van der Waals surface area contributed by atoms with Gasteiger partial charge in [0, 0.05) is 12.6 Å². The Labute approximate surface area is 121 Å². The minimum absolute atomic E-state index is 0.159. The van der Waals surface area contributed by atoms with E-state index in [0.29, 0.717) is 12.1 Å². The van der Waals surface area contributed by atoms with Crippen molar-refractivity contribution in [1.82, 2.24) is 9.62 Å². The second-order valence-electron chi connectivity index (χ2n) is 5.54. The Morgan fingerprint density at radius 1 is 1.30 bits per heavy atom. The largest absolute Gasteiger partial charge is 0.392 e. The third-order valence-electron chi connectivity index (χ3n) is 3.06. The van der Waals surface area contributed by atoms with Crippen LogP contribution in [-0.4, -0.2) is 45.1 Å². The molecule has 20 heavy (non-hydrogen) atoms. The van der Waals surface area contributed by atoms with E-state index in [0.717, 1.165) is 0 Å². The van der Waals surface area contributed by atoms with E-state index in [1.165, 1.54) is 12.1 Å². The fourth-order valence-corrected chi connectivity index (χ4v) is 3.30. The molecule has 0 radical (unpaired) electrons. The van der Waals surface area contributed by atoms with Gasteiger partial charge in [0.25, 0.3) is 0 Å². The number of aliphatic hydroxyl groups excluding tert-OH is 1. The average Bonchev–Trinajstić information content (AvgIpc) is 2.37. The summed E-state index contributed by atoms with van der Waals surface area (Å²) in [5.41, 5.74) is 0.585. The molecule has 1 unspecified atom stereocenters. The zero-order valence-corrected chi connectivity index (χ0v) is 13.3. The Balaban J connectivity index is 2.97. The Kier molecular flexibility index (Phi) is 6.13. The lowest BCUT2D eigenvalue weighted by Gasteiger charge is -2.25. The average molecular weight is 300 g/mol. The molecule has 6 heteroatoms. The first-order valence-electron chi connectivity index (χ1n) is 6.63. The van der Waals surface area contributed by atoms with Crippen LogP contribution in [0.3, 0.4) is 0 Å². The maximum absolute atomic E-state index is 12.4. The lowest BCUT2D eigenvalue weighted by atomic mass is 10.1. The third kappa shape index (κ3) is 4.86. The standard InChI is InChI=1S/C14H24N2O3S/c1-11(2)14(9-16(3)4)15-20(18,19)13-7-5-6-12(8-13)10-17/h5-8,11,14-15,17H,9-10H2,1-4H3. The van der Waals surface area contributed by atoms with Gasteiger partial charge in [-0.15, -0.1) is 0 Å². The van der Waals surface area contributed by atoms with Crippen molar-refractivity contribution < 1.29 is 13.5 Å². The van der Waals surface area contributed by atoms with Crippen molar-refractivity contribution in [3.8, 4) is 0 Å². The van der Waals surface area contributed by atoms with E-state index in [1.807, 2.05) is 32.8 Å². The molecular weight excluding hydrogens is 276 g/mol. The summed E-state index contributed by atoms with van der Waals surface area (Å²) in [4.78, 5) is 2.14. The van der Waals surface area contributed by atoms with Crippen LogP contribution in [0, 0.1) is 5.92 Å². The molecule has 1 aromatic rings. The fourth-order valence-electron chi connectivity index (χ4n) is 1.86. The SMILES string of the molecule is CC(C)C(CN(C)C)NS(=O)(=O)c1cccc(CO)c1. The lowest BCUT2D eigenvalue weighted by Crippen LogP contribution is -2.44. The van der Waals surface area contributed by atoms with Crippen molar-refractivity contribution in [1.29, 1.82) is 0 Å². The summed E-state index contributed by atoms with van der Waals surface area (Å²) >= 11 is 0. The molecule has 0 saturated heterocycles. The molecule has 0 fully saturated rings. The van der Waals surface area contributed by atoms with Gasteiger partial charge in [0.05, 0.1) is 11.5 Å². The van der Waals surface area contributed by atoms with Crippen LogP contribution in [0.4, 0.5) is 0 Å². The van der Waals surface area contributed by atoms with Crippen LogP contribution in [0.5, 0.6) is 0 Å². The summed E-state index contributed by atoms with van der Waals surface area (Å²) in [6.45, 7) is 4.44. The Morgan fingerprint density at radius 3 is 2.45 bits per heavy atom.